The molecule has 1 aromatic rings. The molecule has 0 aromatic carbocycles. The van der Waals surface area contributed by atoms with E-state index in [2.05, 4.69) is 29.4 Å². The molecule has 96 valence electrons. The van der Waals surface area contributed by atoms with Crippen molar-refractivity contribution in [2.24, 2.45) is 0 Å². The Balaban J connectivity index is 1.92. The van der Waals surface area contributed by atoms with Crippen molar-refractivity contribution in [3.63, 3.8) is 0 Å². The monoisotopic (exact) mass is 253 g/mol. The molecule has 1 fully saturated rings. The molecule has 0 unspecified atom stereocenters. The molecule has 3 nitrogen and oxygen atoms in total. The largest absolute Gasteiger partial charge is 0.348 e. The zero-order chi connectivity index (χ0) is 12.1. The highest BCUT2D eigenvalue weighted by Gasteiger charge is 2.13. The van der Waals surface area contributed by atoms with Gasteiger partial charge in [-0.25, -0.2) is 4.98 Å². The lowest BCUT2D eigenvalue weighted by Crippen LogP contribution is -2.24. The van der Waals surface area contributed by atoms with Crippen LogP contribution in [-0.2, 0) is 6.54 Å². The molecule has 0 atom stereocenters. The second kappa shape index (κ2) is 6.36. The van der Waals surface area contributed by atoms with E-state index >= 15 is 0 Å². The maximum atomic E-state index is 4.73. The first-order valence-corrected chi connectivity index (χ1v) is 7.56. The fourth-order valence-corrected chi connectivity index (χ4v) is 2.97. The molecule has 0 radical (unpaired) electrons. The maximum absolute atomic E-state index is 4.73. The summed E-state index contributed by atoms with van der Waals surface area (Å²) in [5, 5.41) is 6.82. The van der Waals surface area contributed by atoms with Crippen LogP contribution in [0.15, 0.2) is 5.38 Å². The third kappa shape index (κ3) is 3.96. The third-order valence-corrected chi connectivity index (χ3v) is 4.06. The summed E-state index contributed by atoms with van der Waals surface area (Å²) in [5.41, 5.74) is 1.18. The van der Waals surface area contributed by atoms with E-state index in [1.807, 2.05) is 0 Å². The summed E-state index contributed by atoms with van der Waals surface area (Å²) in [7, 11) is 0. The van der Waals surface area contributed by atoms with Gasteiger partial charge in [-0.15, -0.1) is 11.3 Å². The quantitative estimate of drug-likeness (QED) is 0.894. The van der Waals surface area contributed by atoms with Crippen molar-refractivity contribution in [2.75, 3.05) is 18.0 Å². The molecule has 17 heavy (non-hydrogen) atoms. The first-order chi connectivity index (χ1) is 8.25. The molecular weight excluding hydrogens is 230 g/mol. The summed E-state index contributed by atoms with van der Waals surface area (Å²) in [6.45, 7) is 7.60. The number of hydrogen-bond acceptors (Lipinski definition) is 4. The number of thiazole rings is 1. The Kier molecular flexibility index (Phi) is 4.80. The number of nitrogens with one attached hydrogen (secondary N) is 1. The molecule has 0 aliphatic carbocycles. The molecule has 1 aromatic heterocycles. The molecule has 1 N–H and O–H groups in total. The highest BCUT2D eigenvalue weighted by atomic mass is 32.1. The summed E-state index contributed by atoms with van der Waals surface area (Å²) >= 11 is 1.79. The third-order valence-electron chi connectivity index (χ3n) is 3.11. The van der Waals surface area contributed by atoms with Crippen molar-refractivity contribution in [1.82, 2.24) is 10.3 Å². The van der Waals surface area contributed by atoms with Crippen LogP contribution in [0.4, 0.5) is 5.13 Å². The van der Waals surface area contributed by atoms with Crippen molar-refractivity contribution < 1.29 is 0 Å². The van der Waals surface area contributed by atoms with Crippen LogP contribution in [0.5, 0.6) is 0 Å². The Morgan fingerprint density at radius 1 is 1.29 bits per heavy atom. The number of hydrogen-bond donors (Lipinski definition) is 1. The summed E-state index contributed by atoms with van der Waals surface area (Å²) in [5.74, 6) is 0. The fourth-order valence-electron chi connectivity index (χ4n) is 2.09. The van der Waals surface area contributed by atoms with Crippen LogP contribution >= 0.6 is 11.3 Å². The van der Waals surface area contributed by atoms with Gasteiger partial charge < -0.3 is 10.2 Å². The molecule has 2 heterocycles. The summed E-state index contributed by atoms with van der Waals surface area (Å²) in [4.78, 5) is 7.18. The molecule has 4 heteroatoms. The Labute approximate surface area is 108 Å². The van der Waals surface area contributed by atoms with E-state index in [1.54, 1.807) is 11.3 Å². The minimum atomic E-state index is 0.526. The summed E-state index contributed by atoms with van der Waals surface area (Å²) in [6, 6.07) is 0.526. The van der Waals surface area contributed by atoms with E-state index < -0.39 is 0 Å². The zero-order valence-electron chi connectivity index (χ0n) is 10.9. The van der Waals surface area contributed by atoms with Gasteiger partial charge in [-0.05, 0) is 12.8 Å². The standard InChI is InChI=1S/C13H23N3S/c1-11(2)14-9-12-10-17-13(15-12)16-7-5-3-4-6-8-16/h10-11,14H,3-9H2,1-2H3. The van der Waals surface area contributed by atoms with Crippen LogP contribution in [0.25, 0.3) is 0 Å². The van der Waals surface area contributed by atoms with Gasteiger partial charge in [-0.2, -0.15) is 0 Å². The van der Waals surface area contributed by atoms with E-state index in [0.717, 1.165) is 6.54 Å². The molecule has 1 saturated heterocycles. The maximum Gasteiger partial charge on any atom is 0.185 e. The van der Waals surface area contributed by atoms with Gasteiger partial charge in [0.15, 0.2) is 5.13 Å². The lowest BCUT2D eigenvalue weighted by molar-refractivity contribution is 0.582. The molecule has 2 rings (SSSR count). The average Bonchev–Trinajstić information content (AvgIpc) is 2.60. The highest BCUT2D eigenvalue weighted by Crippen LogP contribution is 2.23. The molecule has 0 spiro atoms. The van der Waals surface area contributed by atoms with E-state index in [0.29, 0.717) is 6.04 Å². The van der Waals surface area contributed by atoms with Crippen LogP contribution in [0.2, 0.25) is 0 Å². The number of nitrogens with zero attached hydrogens (tertiary/aromatic N) is 2. The summed E-state index contributed by atoms with van der Waals surface area (Å²) in [6.07, 6.45) is 5.39. The van der Waals surface area contributed by atoms with Crippen LogP contribution in [0.1, 0.15) is 45.2 Å². The van der Waals surface area contributed by atoms with E-state index in [4.69, 9.17) is 4.98 Å². The second-order valence-corrected chi connectivity index (χ2v) is 5.89. The van der Waals surface area contributed by atoms with Crippen molar-refractivity contribution >= 4 is 16.5 Å². The normalized spacial score (nSPS) is 17.5. The average molecular weight is 253 g/mol. The van der Waals surface area contributed by atoms with Crippen molar-refractivity contribution in [2.45, 2.75) is 52.1 Å². The van der Waals surface area contributed by atoms with E-state index in [9.17, 15) is 0 Å². The number of rotatable bonds is 4. The topological polar surface area (TPSA) is 28.2 Å². The Hall–Kier alpha value is -0.610. The number of aromatic nitrogens is 1. The molecular formula is C13H23N3S. The number of anilines is 1. The van der Waals surface area contributed by atoms with Gasteiger partial charge >= 0.3 is 0 Å². The predicted molar refractivity (Wildman–Crippen MR) is 74.8 cm³/mol. The van der Waals surface area contributed by atoms with Gasteiger partial charge in [-0.3, -0.25) is 0 Å². The Morgan fingerprint density at radius 3 is 2.65 bits per heavy atom. The SMILES string of the molecule is CC(C)NCc1csc(N2CCCCCC2)n1. The van der Waals surface area contributed by atoms with Gasteiger partial charge in [0.1, 0.15) is 0 Å². The Morgan fingerprint density at radius 2 is 2.00 bits per heavy atom. The lowest BCUT2D eigenvalue weighted by atomic mass is 10.2. The van der Waals surface area contributed by atoms with Crippen LogP contribution in [-0.4, -0.2) is 24.1 Å². The van der Waals surface area contributed by atoms with Gasteiger partial charge in [0, 0.05) is 31.1 Å². The molecule has 1 aliphatic heterocycles. The lowest BCUT2D eigenvalue weighted by Gasteiger charge is -2.18. The van der Waals surface area contributed by atoms with Crippen molar-refractivity contribution in [3.05, 3.63) is 11.1 Å². The Bertz CT molecular complexity index is 327. The van der Waals surface area contributed by atoms with E-state index in [-0.39, 0.29) is 0 Å². The minimum Gasteiger partial charge on any atom is -0.348 e. The molecule has 0 saturated carbocycles. The van der Waals surface area contributed by atoms with Gasteiger partial charge in [0.25, 0.3) is 0 Å². The van der Waals surface area contributed by atoms with E-state index in [1.165, 1.54) is 49.6 Å². The highest BCUT2D eigenvalue weighted by molar-refractivity contribution is 7.13. The minimum absolute atomic E-state index is 0.526. The van der Waals surface area contributed by atoms with Crippen molar-refractivity contribution in [3.8, 4) is 0 Å². The smallest absolute Gasteiger partial charge is 0.185 e. The van der Waals surface area contributed by atoms with Crippen molar-refractivity contribution in [1.29, 1.82) is 0 Å². The zero-order valence-corrected chi connectivity index (χ0v) is 11.7. The molecule has 0 amide bonds. The van der Waals surface area contributed by atoms with Crippen LogP contribution in [0.3, 0.4) is 0 Å². The molecule has 0 bridgehead atoms. The fraction of sp³-hybridized carbons (Fsp3) is 0.769. The second-order valence-electron chi connectivity index (χ2n) is 5.06. The van der Waals surface area contributed by atoms with Crippen LogP contribution < -0.4 is 10.2 Å². The van der Waals surface area contributed by atoms with Crippen LogP contribution in [0, 0.1) is 0 Å². The first kappa shape index (κ1) is 12.8. The van der Waals surface area contributed by atoms with Gasteiger partial charge in [0.05, 0.1) is 5.69 Å². The summed E-state index contributed by atoms with van der Waals surface area (Å²) < 4.78 is 0. The van der Waals surface area contributed by atoms with Gasteiger partial charge in [-0.1, -0.05) is 26.7 Å². The van der Waals surface area contributed by atoms with Gasteiger partial charge in [0.2, 0.25) is 0 Å². The molecule has 1 aliphatic rings. The predicted octanol–water partition coefficient (Wildman–Crippen LogP) is 3.02. The first-order valence-electron chi connectivity index (χ1n) is 6.68.